The number of anilines is 1. The van der Waals surface area contributed by atoms with Crippen molar-refractivity contribution in [3.05, 3.63) is 68.2 Å². The fourth-order valence-corrected chi connectivity index (χ4v) is 3.01. The number of non-ortho nitro benzene ring substituents is 1. The minimum absolute atomic E-state index is 0.0708. The number of halogens is 1. The van der Waals surface area contributed by atoms with E-state index in [2.05, 4.69) is 21.2 Å². The minimum atomic E-state index is -0.427. The number of benzene rings is 2. The van der Waals surface area contributed by atoms with Gasteiger partial charge in [-0.05, 0) is 30.2 Å². The lowest BCUT2D eigenvalue weighted by atomic mass is 10.2. The molecule has 0 aromatic heterocycles. The monoisotopic (exact) mass is 394 g/mol. The Bertz CT molecular complexity index is 720. The maximum absolute atomic E-state index is 11.9. The fourth-order valence-electron chi connectivity index (χ4n) is 1.84. The number of thioether (sulfide) groups is 1. The summed E-state index contributed by atoms with van der Waals surface area (Å²) in [6.07, 6.45) is 0. The molecular weight excluding hydrogens is 380 g/mol. The SMILES string of the molecule is Cc1ccc(NC(=O)CSCc2ccc([N+](=O)[O-])cc2)cc1Br. The number of hydrogen-bond acceptors (Lipinski definition) is 4. The summed E-state index contributed by atoms with van der Waals surface area (Å²) in [5.74, 6) is 0.874. The largest absolute Gasteiger partial charge is 0.325 e. The molecule has 0 saturated heterocycles. The summed E-state index contributed by atoms with van der Waals surface area (Å²) in [7, 11) is 0. The van der Waals surface area contributed by atoms with Crippen LogP contribution in [-0.4, -0.2) is 16.6 Å². The first-order valence-corrected chi connectivity index (χ1v) is 8.77. The van der Waals surface area contributed by atoms with E-state index in [-0.39, 0.29) is 11.6 Å². The highest BCUT2D eigenvalue weighted by Gasteiger charge is 2.06. The van der Waals surface area contributed by atoms with Crippen molar-refractivity contribution in [2.45, 2.75) is 12.7 Å². The predicted octanol–water partition coefficient (Wildman–Crippen LogP) is 4.54. The Morgan fingerprint density at radius 3 is 2.57 bits per heavy atom. The highest BCUT2D eigenvalue weighted by atomic mass is 79.9. The van der Waals surface area contributed by atoms with Gasteiger partial charge in [0.1, 0.15) is 0 Å². The number of amides is 1. The summed E-state index contributed by atoms with van der Waals surface area (Å²) < 4.78 is 0.953. The Morgan fingerprint density at radius 2 is 1.96 bits per heavy atom. The molecule has 0 fully saturated rings. The Balaban J connectivity index is 1.80. The molecular formula is C16H15BrN2O3S. The Hall–Kier alpha value is -1.86. The van der Waals surface area contributed by atoms with E-state index in [4.69, 9.17) is 0 Å². The van der Waals surface area contributed by atoms with Gasteiger partial charge in [-0.1, -0.05) is 34.1 Å². The molecule has 2 aromatic carbocycles. The highest BCUT2D eigenvalue weighted by Crippen LogP contribution is 2.21. The molecule has 2 rings (SSSR count). The van der Waals surface area contributed by atoms with Gasteiger partial charge in [-0.2, -0.15) is 0 Å². The van der Waals surface area contributed by atoms with Crippen LogP contribution in [0.5, 0.6) is 0 Å². The van der Waals surface area contributed by atoms with Crippen LogP contribution in [0.4, 0.5) is 11.4 Å². The van der Waals surface area contributed by atoms with Crippen molar-refractivity contribution in [3.63, 3.8) is 0 Å². The van der Waals surface area contributed by atoms with E-state index in [1.54, 1.807) is 12.1 Å². The molecule has 0 radical (unpaired) electrons. The summed E-state index contributed by atoms with van der Waals surface area (Å²) in [4.78, 5) is 22.1. The van der Waals surface area contributed by atoms with Crippen LogP contribution in [0.2, 0.25) is 0 Å². The van der Waals surface area contributed by atoms with Gasteiger partial charge >= 0.3 is 0 Å². The van der Waals surface area contributed by atoms with E-state index in [1.165, 1.54) is 23.9 Å². The van der Waals surface area contributed by atoms with E-state index in [0.717, 1.165) is 21.3 Å². The van der Waals surface area contributed by atoms with Crippen LogP contribution in [0.1, 0.15) is 11.1 Å². The highest BCUT2D eigenvalue weighted by molar-refractivity contribution is 9.10. The first-order valence-electron chi connectivity index (χ1n) is 6.83. The standard InChI is InChI=1S/C16H15BrN2O3S/c1-11-2-5-13(8-15(11)17)18-16(20)10-23-9-12-3-6-14(7-4-12)19(21)22/h2-8H,9-10H2,1H3,(H,18,20). The molecule has 0 bridgehead atoms. The van der Waals surface area contributed by atoms with Gasteiger partial charge in [0.25, 0.3) is 5.69 Å². The second kappa shape index (κ2) is 8.12. The van der Waals surface area contributed by atoms with E-state index < -0.39 is 4.92 Å². The molecule has 7 heteroatoms. The Morgan fingerprint density at radius 1 is 1.26 bits per heavy atom. The molecule has 0 aliphatic rings. The van der Waals surface area contributed by atoms with Crippen LogP contribution in [-0.2, 0) is 10.5 Å². The Labute approximate surface area is 146 Å². The molecule has 5 nitrogen and oxygen atoms in total. The predicted molar refractivity (Wildman–Crippen MR) is 96.8 cm³/mol. The van der Waals surface area contributed by atoms with Crippen molar-refractivity contribution in [3.8, 4) is 0 Å². The number of nitro groups is 1. The minimum Gasteiger partial charge on any atom is -0.325 e. The van der Waals surface area contributed by atoms with Crippen molar-refractivity contribution in [2.24, 2.45) is 0 Å². The van der Waals surface area contributed by atoms with Crippen molar-refractivity contribution >= 4 is 45.0 Å². The van der Waals surface area contributed by atoms with E-state index in [9.17, 15) is 14.9 Å². The van der Waals surface area contributed by atoms with Gasteiger partial charge in [-0.25, -0.2) is 0 Å². The van der Waals surface area contributed by atoms with Gasteiger partial charge < -0.3 is 5.32 Å². The van der Waals surface area contributed by atoms with Crippen LogP contribution in [0, 0.1) is 17.0 Å². The number of carbonyl (C=O) groups is 1. The van der Waals surface area contributed by atoms with Crippen molar-refractivity contribution in [2.75, 3.05) is 11.1 Å². The van der Waals surface area contributed by atoms with Gasteiger partial charge in [0, 0.05) is 28.0 Å². The zero-order valence-electron chi connectivity index (χ0n) is 12.4. The van der Waals surface area contributed by atoms with E-state index in [0.29, 0.717) is 11.5 Å². The molecule has 120 valence electrons. The third-order valence-corrected chi connectivity index (χ3v) is 4.96. The van der Waals surface area contributed by atoms with Gasteiger partial charge in [-0.15, -0.1) is 11.8 Å². The van der Waals surface area contributed by atoms with Crippen LogP contribution in [0.3, 0.4) is 0 Å². The third kappa shape index (κ3) is 5.37. The van der Waals surface area contributed by atoms with Gasteiger partial charge in [0.2, 0.25) is 5.91 Å². The topological polar surface area (TPSA) is 72.2 Å². The molecule has 0 unspecified atom stereocenters. The zero-order chi connectivity index (χ0) is 16.8. The smallest absolute Gasteiger partial charge is 0.269 e. The number of nitrogens with one attached hydrogen (secondary N) is 1. The van der Waals surface area contributed by atoms with Crippen molar-refractivity contribution < 1.29 is 9.72 Å². The Kier molecular flexibility index (Phi) is 6.18. The molecule has 0 saturated carbocycles. The molecule has 0 aliphatic carbocycles. The lowest BCUT2D eigenvalue weighted by molar-refractivity contribution is -0.384. The first-order chi connectivity index (χ1) is 11.0. The molecule has 0 heterocycles. The lowest BCUT2D eigenvalue weighted by Gasteiger charge is -2.07. The number of nitrogens with zero attached hydrogens (tertiary/aromatic N) is 1. The van der Waals surface area contributed by atoms with E-state index in [1.807, 2.05) is 25.1 Å². The summed E-state index contributed by atoms with van der Waals surface area (Å²) in [6, 6.07) is 12.0. The number of rotatable bonds is 6. The summed E-state index contributed by atoms with van der Waals surface area (Å²) in [5.41, 5.74) is 2.88. The van der Waals surface area contributed by atoms with Gasteiger partial charge in [0.05, 0.1) is 10.7 Å². The summed E-state index contributed by atoms with van der Waals surface area (Å²) in [5, 5.41) is 13.4. The molecule has 0 aliphatic heterocycles. The second-order valence-electron chi connectivity index (χ2n) is 4.93. The molecule has 0 atom stereocenters. The number of hydrogen-bond donors (Lipinski definition) is 1. The average molecular weight is 395 g/mol. The third-order valence-electron chi connectivity index (χ3n) is 3.10. The van der Waals surface area contributed by atoms with Crippen LogP contribution < -0.4 is 5.32 Å². The normalized spacial score (nSPS) is 10.3. The van der Waals surface area contributed by atoms with Crippen LogP contribution >= 0.6 is 27.7 Å². The maximum Gasteiger partial charge on any atom is 0.269 e. The number of carbonyl (C=O) groups excluding carboxylic acids is 1. The lowest BCUT2D eigenvalue weighted by Crippen LogP contribution is -2.14. The van der Waals surface area contributed by atoms with Crippen LogP contribution in [0.25, 0.3) is 0 Å². The molecule has 0 spiro atoms. The van der Waals surface area contributed by atoms with Gasteiger partial charge in [0.15, 0.2) is 0 Å². The van der Waals surface area contributed by atoms with Crippen molar-refractivity contribution in [1.29, 1.82) is 0 Å². The maximum atomic E-state index is 11.9. The number of nitro benzene ring substituents is 1. The summed E-state index contributed by atoms with van der Waals surface area (Å²) in [6.45, 7) is 1.98. The average Bonchev–Trinajstić information content (AvgIpc) is 2.51. The molecule has 2 aromatic rings. The van der Waals surface area contributed by atoms with E-state index >= 15 is 0 Å². The number of aryl methyl sites for hydroxylation is 1. The fraction of sp³-hybridized carbons (Fsp3) is 0.188. The second-order valence-corrected chi connectivity index (χ2v) is 6.77. The summed E-state index contributed by atoms with van der Waals surface area (Å²) >= 11 is 4.89. The first kappa shape index (κ1) is 17.5. The molecule has 23 heavy (non-hydrogen) atoms. The molecule has 1 amide bonds. The quantitative estimate of drug-likeness (QED) is 0.576. The molecule has 1 N–H and O–H groups in total. The van der Waals surface area contributed by atoms with Gasteiger partial charge in [-0.3, -0.25) is 14.9 Å². The van der Waals surface area contributed by atoms with Crippen molar-refractivity contribution in [1.82, 2.24) is 0 Å². The van der Waals surface area contributed by atoms with Crippen LogP contribution in [0.15, 0.2) is 46.9 Å². The zero-order valence-corrected chi connectivity index (χ0v) is 14.8.